The number of benzene rings is 2. The van der Waals surface area contributed by atoms with Gasteiger partial charge >= 0.3 is 0 Å². The van der Waals surface area contributed by atoms with E-state index in [4.69, 9.17) is 16.3 Å². The van der Waals surface area contributed by atoms with Crippen LogP contribution in [0.15, 0.2) is 53.4 Å². The minimum Gasteiger partial charge on any atom is -0.497 e. The SMILES string of the molecule is COc1ccc(CCNC(=O)CCNS(=O)(=O)c2ccccc2Cl)cc1. The molecule has 140 valence electrons. The van der Waals surface area contributed by atoms with E-state index in [1.54, 1.807) is 19.2 Å². The van der Waals surface area contributed by atoms with E-state index >= 15 is 0 Å². The smallest absolute Gasteiger partial charge is 0.242 e. The van der Waals surface area contributed by atoms with E-state index in [0.717, 1.165) is 11.3 Å². The Hall–Kier alpha value is -2.09. The van der Waals surface area contributed by atoms with Crippen LogP contribution in [0.5, 0.6) is 5.75 Å². The van der Waals surface area contributed by atoms with E-state index < -0.39 is 10.0 Å². The average Bonchev–Trinajstić information content (AvgIpc) is 2.62. The normalized spacial score (nSPS) is 11.2. The molecule has 2 N–H and O–H groups in total. The average molecular weight is 397 g/mol. The third kappa shape index (κ3) is 6.01. The molecule has 0 unspecified atom stereocenters. The Morgan fingerprint density at radius 1 is 1.08 bits per heavy atom. The molecule has 6 nitrogen and oxygen atoms in total. The van der Waals surface area contributed by atoms with Crippen LogP contribution in [0.25, 0.3) is 0 Å². The van der Waals surface area contributed by atoms with E-state index in [2.05, 4.69) is 10.0 Å². The molecule has 0 atom stereocenters. The van der Waals surface area contributed by atoms with Crippen molar-refractivity contribution in [3.63, 3.8) is 0 Å². The number of hydrogen-bond acceptors (Lipinski definition) is 4. The monoisotopic (exact) mass is 396 g/mol. The zero-order valence-electron chi connectivity index (χ0n) is 14.4. The maximum Gasteiger partial charge on any atom is 0.242 e. The van der Waals surface area contributed by atoms with Gasteiger partial charge in [-0.05, 0) is 36.2 Å². The van der Waals surface area contributed by atoms with Gasteiger partial charge in [-0.15, -0.1) is 0 Å². The van der Waals surface area contributed by atoms with Gasteiger partial charge < -0.3 is 10.1 Å². The van der Waals surface area contributed by atoms with Gasteiger partial charge in [0, 0.05) is 19.5 Å². The highest BCUT2D eigenvalue weighted by Gasteiger charge is 2.17. The predicted molar refractivity (Wildman–Crippen MR) is 101 cm³/mol. The highest BCUT2D eigenvalue weighted by Crippen LogP contribution is 2.19. The molecule has 2 aromatic carbocycles. The van der Waals surface area contributed by atoms with Gasteiger partial charge in [0.2, 0.25) is 15.9 Å². The van der Waals surface area contributed by atoms with Crippen LogP contribution in [0, 0.1) is 0 Å². The fourth-order valence-electron chi connectivity index (χ4n) is 2.27. The molecule has 1 amide bonds. The fraction of sp³-hybridized carbons (Fsp3) is 0.278. The highest BCUT2D eigenvalue weighted by atomic mass is 35.5. The molecule has 0 saturated carbocycles. The van der Waals surface area contributed by atoms with E-state index in [9.17, 15) is 13.2 Å². The molecule has 0 aliphatic carbocycles. The molecule has 0 bridgehead atoms. The lowest BCUT2D eigenvalue weighted by Gasteiger charge is -2.09. The van der Waals surface area contributed by atoms with Crippen molar-refractivity contribution < 1.29 is 17.9 Å². The number of ether oxygens (including phenoxy) is 1. The van der Waals surface area contributed by atoms with Gasteiger partial charge in [0.05, 0.1) is 12.1 Å². The standard InChI is InChI=1S/C18H21ClN2O4S/c1-25-15-8-6-14(7-9-15)10-12-20-18(22)11-13-21-26(23,24)17-5-3-2-4-16(17)19/h2-9,21H,10-13H2,1H3,(H,20,22). The van der Waals surface area contributed by atoms with Crippen molar-refractivity contribution >= 4 is 27.5 Å². The second kappa shape index (κ2) is 9.56. The summed E-state index contributed by atoms with van der Waals surface area (Å²) < 4.78 is 31.8. The Morgan fingerprint density at radius 2 is 1.77 bits per heavy atom. The maximum absolute atomic E-state index is 12.1. The van der Waals surface area contributed by atoms with Crippen LogP contribution in [-0.2, 0) is 21.2 Å². The first-order valence-electron chi connectivity index (χ1n) is 8.06. The van der Waals surface area contributed by atoms with Crippen LogP contribution in [0.2, 0.25) is 5.02 Å². The number of carbonyl (C=O) groups is 1. The number of nitrogens with one attached hydrogen (secondary N) is 2. The Balaban J connectivity index is 1.72. The third-order valence-corrected chi connectivity index (χ3v) is 5.63. The van der Waals surface area contributed by atoms with Crippen LogP contribution in [-0.4, -0.2) is 34.5 Å². The second-order valence-electron chi connectivity index (χ2n) is 5.53. The molecular formula is C18H21ClN2O4S. The summed E-state index contributed by atoms with van der Waals surface area (Å²) in [6.07, 6.45) is 0.730. The van der Waals surface area contributed by atoms with Crippen molar-refractivity contribution in [3.8, 4) is 5.75 Å². The summed E-state index contributed by atoms with van der Waals surface area (Å²) in [4.78, 5) is 11.8. The molecule has 0 aromatic heterocycles. The Labute approximate surface area is 158 Å². The molecule has 26 heavy (non-hydrogen) atoms. The number of amides is 1. The summed E-state index contributed by atoms with van der Waals surface area (Å²) in [5.74, 6) is 0.559. The van der Waals surface area contributed by atoms with Crippen molar-refractivity contribution in [1.82, 2.24) is 10.0 Å². The van der Waals surface area contributed by atoms with E-state index in [1.807, 2.05) is 24.3 Å². The zero-order valence-corrected chi connectivity index (χ0v) is 15.9. The number of rotatable bonds is 9. The van der Waals surface area contributed by atoms with E-state index in [-0.39, 0.29) is 28.8 Å². The maximum atomic E-state index is 12.1. The number of halogens is 1. The van der Waals surface area contributed by atoms with Crippen molar-refractivity contribution in [1.29, 1.82) is 0 Å². The highest BCUT2D eigenvalue weighted by molar-refractivity contribution is 7.89. The summed E-state index contributed by atoms with van der Waals surface area (Å²) in [5, 5.41) is 2.91. The van der Waals surface area contributed by atoms with E-state index in [1.165, 1.54) is 12.1 Å². The van der Waals surface area contributed by atoms with Crippen molar-refractivity contribution in [2.45, 2.75) is 17.7 Å². The van der Waals surface area contributed by atoms with Gasteiger partial charge in [-0.1, -0.05) is 35.9 Å². The fourth-order valence-corrected chi connectivity index (χ4v) is 3.82. The van der Waals surface area contributed by atoms with Gasteiger partial charge in [0.15, 0.2) is 0 Å². The molecule has 0 spiro atoms. The topological polar surface area (TPSA) is 84.5 Å². The Morgan fingerprint density at radius 3 is 2.42 bits per heavy atom. The lowest BCUT2D eigenvalue weighted by atomic mass is 10.1. The van der Waals surface area contributed by atoms with Gasteiger partial charge in [0.1, 0.15) is 10.6 Å². The quantitative estimate of drug-likeness (QED) is 0.681. The molecule has 2 aromatic rings. The summed E-state index contributed by atoms with van der Waals surface area (Å²) in [6, 6.07) is 13.7. The van der Waals surface area contributed by atoms with Gasteiger partial charge in [-0.2, -0.15) is 0 Å². The van der Waals surface area contributed by atoms with Crippen molar-refractivity contribution in [2.24, 2.45) is 0 Å². The minimum absolute atomic E-state index is 0.00146. The predicted octanol–water partition coefficient (Wildman–Crippen LogP) is 2.38. The van der Waals surface area contributed by atoms with Crippen LogP contribution in [0.4, 0.5) is 0 Å². The Bertz CT molecular complexity index is 839. The molecule has 0 aliphatic heterocycles. The molecular weight excluding hydrogens is 376 g/mol. The van der Waals surface area contributed by atoms with Gasteiger partial charge in [-0.25, -0.2) is 13.1 Å². The number of hydrogen-bond donors (Lipinski definition) is 2. The van der Waals surface area contributed by atoms with Gasteiger partial charge in [0.25, 0.3) is 0 Å². The van der Waals surface area contributed by atoms with Gasteiger partial charge in [-0.3, -0.25) is 4.79 Å². The second-order valence-corrected chi connectivity index (χ2v) is 7.67. The first-order valence-corrected chi connectivity index (χ1v) is 9.92. The van der Waals surface area contributed by atoms with Crippen molar-refractivity contribution in [3.05, 3.63) is 59.1 Å². The first kappa shape index (κ1) is 20.2. The molecule has 2 rings (SSSR count). The lowest BCUT2D eigenvalue weighted by Crippen LogP contribution is -2.31. The van der Waals surface area contributed by atoms with Crippen LogP contribution < -0.4 is 14.8 Å². The van der Waals surface area contributed by atoms with E-state index in [0.29, 0.717) is 13.0 Å². The molecule has 8 heteroatoms. The number of methoxy groups -OCH3 is 1. The first-order chi connectivity index (χ1) is 12.4. The van der Waals surface area contributed by atoms with Crippen LogP contribution in [0.1, 0.15) is 12.0 Å². The third-order valence-electron chi connectivity index (χ3n) is 3.67. The Kier molecular flexibility index (Phi) is 7.44. The molecule has 0 radical (unpaired) electrons. The summed E-state index contributed by atoms with van der Waals surface area (Å²) in [7, 11) is -2.12. The van der Waals surface area contributed by atoms with Crippen LogP contribution >= 0.6 is 11.6 Å². The minimum atomic E-state index is -3.73. The molecule has 0 saturated heterocycles. The molecule has 0 aliphatic rings. The zero-order chi connectivity index (χ0) is 19.0. The van der Waals surface area contributed by atoms with Crippen LogP contribution in [0.3, 0.4) is 0 Å². The number of sulfonamides is 1. The van der Waals surface area contributed by atoms with Crippen molar-refractivity contribution in [2.75, 3.05) is 20.2 Å². The molecule has 0 heterocycles. The lowest BCUT2D eigenvalue weighted by molar-refractivity contribution is -0.120. The summed E-state index contributed by atoms with van der Waals surface area (Å²) >= 11 is 5.89. The largest absolute Gasteiger partial charge is 0.497 e. The summed E-state index contributed by atoms with van der Waals surface area (Å²) in [5.41, 5.74) is 1.07. The molecule has 0 fully saturated rings. The number of carbonyl (C=O) groups excluding carboxylic acids is 1. The summed E-state index contributed by atoms with van der Waals surface area (Å²) in [6.45, 7) is 0.477.